The number of carbonyl (C=O) groups is 1. The van der Waals surface area contributed by atoms with Crippen molar-refractivity contribution in [2.24, 2.45) is 5.10 Å². The predicted molar refractivity (Wildman–Crippen MR) is 171 cm³/mol. The number of amides is 1. The largest absolute Gasteiger partial charge is 0.309 e. The van der Waals surface area contributed by atoms with Crippen molar-refractivity contribution in [3.8, 4) is 28.2 Å². The third-order valence-electron chi connectivity index (χ3n) is 7.37. The Labute approximate surface area is 243 Å². The predicted octanol–water partition coefficient (Wildman–Crippen LogP) is 8.28. The highest BCUT2D eigenvalue weighted by Gasteiger charge is 2.19. The zero-order chi connectivity index (χ0) is 28.3. The lowest BCUT2D eigenvalue weighted by Crippen LogP contribution is -2.18. The molecule has 0 atom stereocenters. The van der Waals surface area contributed by atoms with Gasteiger partial charge in [-0.05, 0) is 35.9 Å². The summed E-state index contributed by atoms with van der Waals surface area (Å²) < 4.78 is 2.25. The first-order valence-electron chi connectivity index (χ1n) is 13.8. The maximum Gasteiger partial charge on any atom is 0.272 e. The summed E-state index contributed by atoms with van der Waals surface area (Å²) in [7, 11) is 0. The van der Waals surface area contributed by atoms with Crippen LogP contribution in [0.5, 0.6) is 0 Å². The van der Waals surface area contributed by atoms with Crippen LogP contribution in [0.25, 0.3) is 50.0 Å². The number of hydrazone groups is 1. The van der Waals surface area contributed by atoms with Crippen LogP contribution in [0.4, 0.5) is 0 Å². The molecule has 200 valence electrons. The third kappa shape index (κ3) is 4.63. The minimum absolute atomic E-state index is 0.296. The lowest BCUT2D eigenvalue weighted by Gasteiger charge is -2.12. The number of carbonyl (C=O) groups excluding carboxylic acids is 1. The van der Waals surface area contributed by atoms with Gasteiger partial charge in [-0.2, -0.15) is 5.10 Å². The van der Waals surface area contributed by atoms with Gasteiger partial charge in [-0.15, -0.1) is 0 Å². The van der Waals surface area contributed by atoms with Crippen LogP contribution in [0.1, 0.15) is 15.9 Å². The molecular weight excluding hydrogens is 516 g/mol. The second kappa shape index (κ2) is 11.0. The summed E-state index contributed by atoms with van der Waals surface area (Å²) in [4.78, 5) is 18.4. The van der Waals surface area contributed by atoms with Crippen LogP contribution in [0.2, 0.25) is 0 Å². The maximum atomic E-state index is 13.6. The fourth-order valence-electron chi connectivity index (χ4n) is 5.46. The lowest BCUT2D eigenvalue weighted by molar-refractivity contribution is 0.0956. The Morgan fingerprint density at radius 2 is 1.26 bits per heavy atom. The zero-order valence-corrected chi connectivity index (χ0v) is 22.7. The van der Waals surface area contributed by atoms with E-state index in [2.05, 4.69) is 51.5 Å². The summed E-state index contributed by atoms with van der Waals surface area (Å²) in [5, 5.41) is 6.33. The van der Waals surface area contributed by atoms with Crippen LogP contribution in [-0.4, -0.2) is 21.7 Å². The second-order valence-electron chi connectivity index (χ2n) is 9.95. The van der Waals surface area contributed by atoms with E-state index >= 15 is 0 Å². The van der Waals surface area contributed by atoms with Crippen LogP contribution in [0.3, 0.4) is 0 Å². The Morgan fingerprint density at radius 1 is 0.667 bits per heavy atom. The molecule has 7 rings (SSSR count). The van der Waals surface area contributed by atoms with Crippen molar-refractivity contribution in [3.05, 3.63) is 157 Å². The maximum absolute atomic E-state index is 13.6. The number of hydrogen-bond donors (Lipinski definition) is 1. The molecule has 5 aromatic carbocycles. The number of rotatable bonds is 6. The first-order chi connectivity index (χ1) is 20.8. The molecule has 0 spiro atoms. The highest BCUT2D eigenvalue weighted by molar-refractivity contribution is 6.09. The second-order valence-corrected chi connectivity index (χ2v) is 9.95. The van der Waals surface area contributed by atoms with Crippen LogP contribution >= 0.6 is 0 Å². The molecular formula is C37H26N4O. The van der Waals surface area contributed by atoms with Crippen LogP contribution < -0.4 is 5.43 Å². The Morgan fingerprint density at radius 3 is 2.00 bits per heavy atom. The molecule has 2 heterocycles. The molecule has 1 N–H and O–H groups in total. The highest BCUT2D eigenvalue weighted by Crippen LogP contribution is 2.35. The monoisotopic (exact) mass is 542 g/mol. The van der Waals surface area contributed by atoms with Gasteiger partial charge in [0.25, 0.3) is 5.91 Å². The average molecular weight is 543 g/mol. The molecule has 7 aromatic rings. The standard InChI is InChI=1S/C37H26N4O/c42-37(31-24-34(26-14-4-1-5-15-26)39-33-22-12-10-20-29(31)33)40-38-25-32-30-21-11-13-23-35(30)41(28-18-8-3-9-19-28)36(32)27-16-6-2-7-17-27/h1-25H,(H,40,42)/b38-25+. The molecule has 0 radical (unpaired) electrons. The summed E-state index contributed by atoms with van der Waals surface area (Å²) in [6.45, 7) is 0. The van der Waals surface area contributed by atoms with E-state index in [0.717, 1.165) is 55.6 Å². The summed E-state index contributed by atoms with van der Waals surface area (Å²) in [5.41, 5.74) is 10.8. The van der Waals surface area contributed by atoms with E-state index in [1.807, 2.05) is 109 Å². The summed E-state index contributed by atoms with van der Waals surface area (Å²) in [5.74, 6) is -0.296. The van der Waals surface area contributed by atoms with Crippen molar-refractivity contribution in [2.75, 3.05) is 0 Å². The first kappa shape index (κ1) is 25.2. The molecule has 5 nitrogen and oxygen atoms in total. The van der Waals surface area contributed by atoms with E-state index in [9.17, 15) is 4.79 Å². The fourth-order valence-corrected chi connectivity index (χ4v) is 5.46. The molecule has 0 fully saturated rings. The lowest BCUT2D eigenvalue weighted by atomic mass is 10.0. The van der Waals surface area contributed by atoms with Gasteiger partial charge in [-0.25, -0.2) is 10.4 Å². The van der Waals surface area contributed by atoms with E-state index in [0.29, 0.717) is 5.56 Å². The van der Waals surface area contributed by atoms with Gasteiger partial charge >= 0.3 is 0 Å². The molecule has 5 heteroatoms. The normalized spacial score (nSPS) is 11.3. The third-order valence-corrected chi connectivity index (χ3v) is 7.37. The minimum atomic E-state index is -0.296. The zero-order valence-electron chi connectivity index (χ0n) is 22.7. The van der Waals surface area contributed by atoms with Gasteiger partial charge in [0.05, 0.1) is 34.2 Å². The van der Waals surface area contributed by atoms with Crippen molar-refractivity contribution < 1.29 is 4.79 Å². The molecule has 0 unspecified atom stereocenters. The molecule has 0 bridgehead atoms. The van der Waals surface area contributed by atoms with Crippen molar-refractivity contribution in [2.45, 2.75) is 0 Å². The number of pyridine rings is 1. The number of nitrogens with zero attached hydrogens (tertiary/aromatic N) is 3. The fraction of sp³-hybridized carbons (Fsp3) is 0. The average Bonchev–Trinajstić information content (AvgIpc) is 3.39. The summed E-state index contributed by atoms with van der Waals surface area (Å²) >= 11 is 0. The van der Waals surface area contributed by atoms with Gasteiger partial charge in [0.2, 0.25) is 0 Å². The van der Waals surface area contributed by atoms with Gasteiger partial charge in [0.15, 0.2) is 0 Å². The van der Waals surface area contributed by atoms with Gasteiger partial charge in [0.1, 0.15) is 0 Å². The van der Waals surface area contributed by atoms with Crippen molar-refractivity contribution in [3.63, 3.8) is 0 Å². The molecule has 0 aliphatic rings. The Bertz CT molecular complexity index is 2060. The minimum Gasteiger partial charge on any atom is -0.309 e. The molecule has 1 amide bonds. The molecule has 0 aliphatic carbocycles. The number of nitrogens with one attached hydrogen (secondary N) is 1. The number of para-hydroxylation sites is 3. The van der Waals surface area contributed by atoms with E-state index in [4.69, 9.17) is 4.98 Å². The van der Waals surface area contributed by atoms with Crippen LogP contribution in [0.15, 0.2) is 151 Å². The van der Waals surface area contributed by atoms with Gasteiger partial charge in [0, 0.05) is 27.6 Å². The van der Waals surface area contributed by atoms with Crippen molar-refractivity contribution >= 4 is 33.9 Å². The smallest absolute Gasteiger partial charge is 0.272 e. The van der Waals surface area contributed by atoms with Crippen LogP contribution in [-0.2, 0) is 0 Å². The van der Waals surface area contributed by atoms with E-state index in [-0.39, 0.29) is 5.91 Å². The number of benzene rings is 5. The van der Waals surface area contributed by atoms with E-state index in [1.165, 1.54) is 0 Å². The quantitative estimate of drug-likeness (QED) is 0.170. The Balaban J connectivity index is 1.32. The first-order valence-corrected chi connectivity index (χ1v) is 13.8. The van der Waals surface area contributed by atoms with E-state index in [1.54, 1.807) is 6.21 Å². The molecule has 2 aromatic heterocycles. The number of hydrogen-bond acceptors (Lipinski definition) is 3. The highest BCUT2D eigenvalue weighted by atomic mass is 16.2. The van der Waals surface area contributed by atoms with Crippen LogP contribution in [0, 0.1) is 0 Å². The van der Waals surface area contributed by atoms with Crippen molar-refractivity contribution in [1.29, 1.82) is 0 Å². The Hall–Kier alpha value is -5.81. The number of aromatic nitrogens is 2. The van der Waals surface area contributed by atoms with Gasteiger partial charge in [-0.3, -0.25) is 4.79 Å². The van der Waals surface area contributed by atoms with Crippen molar-refractivity contribution in [1.82, 2.24) is 15.0 Å². The molecule has 42 heavy (non-hydrogen) atoms. The van der Waals surface area contributed by atoms with E-state index < -0.39 is 0 Å². The topological polar surface area (TPSA) is 59.3 Å². The van der Waals surface area contributed by atoms with Gasteiger partial charge in [-0.1, -0.05) is 115 Å². The SMILES string of the molecule is O=C(N/N=C/c1c(-c2ccccc2)n(-c2ccccc2)c2ccccc12)c1cc(-c2ccccc2)nc2ccccc12. The molecule has 0 saturated carbocycles. The summed E-state index contributed by atoms with van der Waals surface area (Å²) in [6.07, 6.45) is 1.75. The number of fused-ring (bicyclic) bond motifs is 2. The Kier molecular flexibility index (Phi) is 6.59. The van der Waals surface area contributed by atoms with Gasteiger partial charge < -0.3 is 4.57 Å². The molecule has 0 aliphatic heterocycles. The summed E-state index contributed by atoms with van der Waals surface area (Å²) in [6, 6.07) is 48.2. The molecule has 0 saturated heterocycles.